The van der Waals surface area contributed by atoms with E-state index in [9.17, 15) is 10.1 Å². The van der Waals surface area contributed by atoms with E-state index < -0.39 is 4.92 Å². The molecule has 0 atom stereocenters. The number of rotatable bonds is 4. The lowest BCUT2D eigenvalue weighted by Crippen LogP contribution is -2.06. The zero-order valence-corrected chi connectivity index (χ0v) is 10.3. The van der Waals surface area contributed by atoms with E-state index in [-0.39, 0.29) is 5.69 Å². The van der Waals surface area contributed by atoms with Crippen molar-refractivity contribution in [3.63, 3.8) is 0 Å². The van der Waals surface area contributed by atoms with Gasteiger partial charge in [0.15, 0.2) is 0 Å². The van der Waals surface area contributed by atoms with E-state index >= 15 is 0 Å². The van der Waals surface area contributed by atoms with Crippen LogP contribution in [0.5, 0.6) is 0 Å². The van der Waals surface area contributed by atoms with Crippen LogP contribution in [0.15, 0.2) is 36.5 Å². The molecular formula is C13H12N4O2. The van der Waals surface area contributed by atoms with Crippen LogP contribution < -0.4 is 5.32 Å². The van der Waals surface area contributed by atoms with Crippen molar-refractivity contribution in [3.8, 4) is 6.07 Å². The van der Waals surface area contributed by atoms with E-state index in [1.165, 1.54) is 6.07 Å². The van der Waals surface area contributed by atoms with E-state index in [0.29, 0.717) is 17.9 Å². The van der Waals surface area contributed by atoms with Gasteiger partial charge in [-0.15, -0.1) is 0 Å². The Morgan fingerprint density at radius 2 is 2.21 bits per heavy atom. The number of nitrogens with zero attached hydrogens (tertiary/aromatic N) is 3. The highest BCUT2D eigenvalue weighted by molar-refractivity contribution is 5.66. The van der Waals surface area contributed by atoms with Crippen LogP contribution in [0.2, 0.25) is 0 Å². The molecule has 0 spiro atoms. The normalized spacial score (nSPS) is 9.89. The second-order valence-corrected chi connectivity index (χ2v) is 3.95. The van der Waals surface area contributed by atoms with Gasteiger partial charge in [-0.2, -0.15) is 5.26 Å². The SMILES string of the molecule is CNc1c(Cn2cccc2C#N)cccc1[N+](=O)[O-]. The molecule has 6 nitrogen and oxygen atoms in total. The summed E-state index contributed by atoms with van der Waals surface area (Å²) in [5, 5.41) is 22.8. The van der Waals surface area contributed by atoms with Crippen LogP contribution >= 0.6 is 0 Å². The molecule has 2 aromatic rings. The molecule has 0 radical (unpaired) electrons. The first kappa shape index (κ1) is 12.6. The summed E-state index contributed by atoms with van der Waals surface area (Å²) in [7, 11) is 1.65. The molecule has 0 aliphatic rings. The lowest BCUT2D eigenvalue weighted by Gasteiger charge is -2.11. The lowest BCUT2D eigenvalue weighted by atomic mass is 10.1. The average molecular weight is 256 g/mol. The molecule has 1 heterocycles. The average Bonchev–Trinajstić information content (AvgIpc) is 2.85. The Bertz CT molecular complexity index is 655. The van der Waals surface area contributed by atoms with Gasteiger partial charge in [-0.3, -0.25) is 10.1 Å². The van der Waals surface area contributed by atoms with Gasteiger partial charge in [0.1, 0.15) is 17.5 Å². The Morgan fingerprint density at radius 1 is 1.42 bits per heavy atom. The van der Waals surface area contributed by atoms with Crippen molar-refractivity contribution < 1.29 is 4.92 Å². The molecule has 1 N–H and O–H groups in total. The molecule has 1 aromatic carbocycles. The highest BCUT2D eigenvalue weighted by Crippen LogP contribution is 2.28. The minimum atomic E-state index is -0.420. The summed E-state index contributed by atoms with van der Waals surface area (Å²) in [6, 6.07) is 10.5. The van der Waals surface area contributed by atoms with Gasteiger partial charge >= 0.3 is 0 Å². The van der Waals surface area contributed by atoms with Crippen molar-refractivity contribution in [2.24, 2.45) is 0 Å². The fraction of sp³-hybridized carbons (Fsp3) is 0.154. The zero-order valence-electron chi connectivity index (χ0n) is 10.3. The molecule has 2 rings (SSSR count). The molecule has 0 aliphatic carbocycles. The molecule has 0 bridgehead atoms. The van der Waals surface area contributed by atoms with Gasteiger partial charge in [0.25, 0.3) is 5.69 Å². The fourth-order valence-corrected chi connectivity index (χ4v) is 2.00. The highest BCUT2D eigenvalue weighted by Gasteiger charge is 2.16. The van der Waals surface area contributed by atoms with Crippen molar-refractivity contribution >= 4 is 11.4 Å². The number of para-hydroxylation sites is 1. The summed E-state index contributed by atoms with van der Waals surface area (Å²) in [5.74, 6) is 0. The van der Waals surface area contributed by atoms with E-state index in [1.54, 1.807) is 42.1 Å². The Kier molecular flexibility index (Phi) is 3.48. The van der Waals surface area contributed by atoms with Gasteiger partial charge in [-0.05, 0) is 12.1 Å². The summed E-state index contributed by atoms with van der Waals surface area (Å²) < 4.78 is 1.75. The number of nitro benzene ring substituents is 1. The minimum Gasteiger partial charge on any atom is -0.382 e. The molecular weight excluding hydrogens is 244 g/mol. The summed E-state index contributed by atoms with van der Waals surface area (Å²) in [4.78, 5) is 10.5. The van der Waals surface area contributed by atoms with E-state index in [2.05, 4.69) is 11.4 Å². The predicted octanol–water partition coefficient (Wildman–Crippen LogP) is 2.36. The number of nitriles is 1. The number of hydrogen-bond acceptors (Lipinski definition) is 4. The van der Waals surface area contributed by atoms with Crippen LogP contribution in [-0.2, 0) is 6.54 Å². The van der Waals surface area contributed by atoms with Crippen molar-refractivity contribution in [3.05, 3.63) is 57.9 Å². The summed E-state index contributed by atoms with van der Waals surface area (Å²) in [5.41, 5.74) is 1.80. The number of aromatic nitrogens is 1. The number of nitrogens with one attached hydrogen (secondary N) is 1. The first-order valence-electron chi connectivity index (χ1n) is 5.66. The molecule has 0 amide bonds. The molecule has 0 fully saturated rings. The van der Waals surface area contributed by atoms with Gasteiger partial charge < -0.3 is 9.88 Å². The minimum absolute atomic E-state index is 0.0330. The molecule has 0 unspecified atom stereocenters. The summed E-state index contributed by atoms with van der Waals surface area (Å²) >= 11 is 0. The maximum Gasteiger partial charge on any atom is 0.292 e. The van der Waals surface area contributed by atoms with Crippen molar-refractivity contribution in [2.45, 2.75) is 6.54 Å². The third-order valence-corrected chi connectivity index (χ3v) is 2.86. The van der Waals surface area contributed by atoms with Crippen molar-refractivity contribution in [1.29, 1.82) is 5.26 Å². The fourth-order valence-electron chi connectivity index (χ4n) is 2.00. The van der Waals surface area contributed by atoms with Crippen LogP contribution in [0.4, 0.5) is 11.4 Å². The van der Waals surface area contributed by atoms with E-state index in [0.717, 1.165) is 5.56 Å². The number of hydrogen-bond donors (Lipinski definition) is 1. The Labute approximate surface area is 110 Å². The molecule has 19 heavy (non-hydrogen) atoms. The topological polar surface area (TPSA) is 83.9 Å². The van der Waals surface area contributed by atoms with Crippen LogP contribution in [0.3, 0.4) is 0 Å². The smallest absolute Gasteiger partial charge is 0.292 e. The van der Waals surface area contributed by atoms with Crippen LogP contribution in [-0.4, -0.2) is 16.5 Å². The quantitative estimate of drug-likeness (QED) is 0.672. The third-order valence-electron chi connectivity index (χ3n) is 2.86. The summed E-state index contributed by atoms with van der Waals surface area (Å²) in [6.07, 6.45) is 1.77. The maximum atomic E-state index is 11.0. The maximum absolute atomic E-state index is 11.0. The van der Waals surface area contributed by atoms with Gasteiger partial charge in [0.05, 0.1) is 11.5 Å². The number of anilines is 1. The van der Waals surface area contributed by atoms with Crippen LogP contribution in [0.25, 0.3) is 0 Å². The molecule has 0 saturated carbocycles. The Morgan fingerprint density at radius 3 is 2.84 bits per heavy atom. The first-order chi connectivity index (χ1) is 9.17. The molecule has 6 heteroatoms. The van der Waals surface area contributed by atoms with Crippen LogP contribution in [0, 0.1) is 21.4 Å². The lowest BCUT2D eigenvalue weighted by molar-refractivity contribution is -0.384. The molecule has 96 valence electrons. The highest BCUT2D eigenvalue weighted by atomic mass is 16.6. The second kappa shape index (κ2) is 5.23. The van der Waals surface area contributed by atoms with Gasteiger partial charge in [-0.1, -0.05) is 12.1 Å². The third kappa shape index (κ3) is 2.40. The largest absolute Gasteiger partial charge is 0.382 e. The van der Waals surface area contributed by atoms with Crippen LogP contribution in [0.1, 0.15) is 11.3 Å². The number of benzene rings is 1. The standard InChI is InChI=1S/C13H12N4O2/c1-15-13-10(4-2-6-12(13)17(18)19)9-16-7-3-5-11(16)8-14/h2-7,15H,9H2,1H3. The van der Waals surface area contributed by atoms with Gasteiger partial charge in [-0.25, -0.2) is 0 Å². The van der Waals surface area contributed by atoms with E-state index in [4.69, 9.17) is 5.26 Å². The molecule has 0 aliphatic heterocycles. The first-order valence-corrected chi connectivity index (χ1v) is 5.66. The molecule has 0 saturated heterocycles. The monoisotopic (exact) mass is 256 g/mol. The van der Waals surface area contributed by atoms with Gasteiger partial charge in [0.2, 0.25) is 0 Å². The Hall–Kier alpha value is -2.81. The zero-order chi connectivity index (χ0) is 13.8. The molecule has 1 aromatic heterocycles. The second-order valence-electron chi connectivity index (χ2n) is 3.95. The predicted molar refractivity (Wildman–Crippen MR) is 70.9 cm³/mol. The van der Waals surface area contributed by atoms with E-state index in [1.807, 2.05) is 0 Å². The van der Waals surface area contributed by atoms with Gasteiger partial charge in [0, 0.05) is 24.9 Å². The Balaban J connectivity index is 2.44. The summed E-state index contributed by atoms with van der Waals surface area (Å²) in [6.45, 7) is 0.410. The number of nitro groups is 1. The van der Waals surface area contributed by atoms with Crippen molar-refractivity contribution in [1.82, 2.24) is 4.57 Å². The van der Waals surface area contributed by atoms with Crippen molar-refractivity contribution in [2.75, 3.05) is 12.4 Å².